The molecular formula is C20H17ClN2O4. The lowest BCUT2D eigenvalue weighted by Gasteiger charge is -2.14. The monoisotopic (exact) mass is 384 g/mol. The Morgan fingerprint density at radius 2 is 2.00 bits per heavy atom. The Labute approximate surface area is 161 Å². The number of benzene rings is 2. The molecule has 0 amide bonds. The SMILES string of the molecule is COc1cccc(-c2noc(COC(=O)C3(c4ccc(Cl)cc4)CC3)n2)c1. The molecule has 1 aliphatic rings. The summed E-state index contributed by atoms with van der Waals surface area (Å²) in [5.74, 6) is 1.07. The minimum absolute atomic E-state index is 0.0643. The van der Waals surface area contributed by atoms with Crippen LogP contribution in [-0.2, 0) is 21.6 Å². The van der Waals surface area contributed by atoms with Gasteiger partial charge in [-0.05, 0) is 42.7 Å². The summed E-state index contributed by atoms with van der Waals surface area (Å²) in [5.41, 5.74) is 1.09. The number of carbonyl (C=O) groups is 1. The van der Waals surface area contributed by atoms with E-state index in [1.165, 1.54) is 0 Å². The number of rotatable bonds is 6. The molecule has 0 radical (unpaired) electrons. The molecule has 7 heteroatoms. The van der Waals surface area contributed by atoms with Crippen molar-refractivity contribution in [2.75, 3.05) is 7.11 Å². The first-order valence-corrected chi connectivity index (χ1v) is 8.89. The van der Waals surface area contributed by atoms with Crippen molar-refractivity contribution in [3.63, 3.8) is 0 Å². The van der Waals surface area contributed by atoms with Crippen molar-refractivity contribution in [2.24, 2.45) is 0 Å². The molecule has 1 fully saturated rings. The van der Waals surface area contributed by atoms with Crippen LogP contribution in [0.15, 0.2) is 53.1 Å². The van der Waals surface area contributed by atoms with Gasteiger partial charge in [0.05, 0.1) is 12.5 Å². The number of ether oxygens (including phenoxy) is 2. The van der Waals surface area contributed by atoms with Crippen LogP contribution in [0.1, 0.15) is 24.3 Å². The molecule has 2 aromatic carbocycles. The highest BCUT2D eigenvalue weighted by molar-refractivity contribution is 6.30. The third-order valence-corrected chi connectivity index (χ3v) is 4.91. The van der Waals surface area contributed by atoms with E-state index in [0.29, 0.717) is 16.6 Å². The van der Waals surface area contributed by atoms with Crippen LogP contribution in [-0.4, -0.2) is 23.2 Å². The van der Waals surface area contributed by atoms with E-state index in [2.05, 4.69) is 10.1 Å². The minimum atomic E-state index is -0.583. The van der Waals surface area contributed by atoms with Gasteiger partial charge in [0, 0.05) is 10.6 Å². The highest BCUT2D eigenvalue weighted by Gasteiger charge is 2.52. The Bertz CT molecular complexity index is 964. The van der Waals surface area contributed by atoms with Gasteiger partial charge in [0.25, 0.3) is 5.89 Å². The summed E-state index contributed by atoms with van der Waals surface area (Å²) < 4.78 is 15.8. The Morgan fingerprint density at radius 3 is 2.70 bits per heavy atom. The van der Waals surface area contributed by atoms with E-state index in [-0.39, 0.29) is 18.5 Å². The average Bonchev–Trinajstić information content (AvgIpc) is 3.38. The summed E-state index contributed by atoms with van der Waals surface area (Å²) in [6.45, 7) is -0.0643. The van der Waals surface area contributed by atoms with E-state index < -0.39 is 5.41 Å². The normalized spacial score (nSPS) is 14.6. The number of hydrogen-bond acceptors (Lipinski definition) is 6. The number of halogens is 1. The van der Waals surface area contributed by atoms with Gasteiger partial charge in [0.2, 0.25) is 5.82 Å². The average molecular weight is 385 g/mol. The van der Waals surface area contributed by atoms with Crippen molar-refractivity contribution >= 4 is 17.6 Å². The van der Waals surface area contributed by atoms with Gasteiger partial charge < -0.3 is 14.0 Å². The van der Waals surface area contributed by atoms with Crippen molar-refractivity contribution in [1.82, 2.24) is 10.1 Å². The zero-order chi connectivity index (χ0) is 18.9. The molecule has 0 bridgehead atoms. The predicted molar refractivity (Wildman–Crippen MR) is 98.4 cm³/mol. The maximum absolute atomic E-state index is 12.6. The van der Waals surface area contributed by atoms with Crippen LogP contribution in [0.4, 0.5) is 0 Å². The molecule has 1 aliphatic carbocycles. The first kappa shape index (κ1) is 17.5. The number of methoxy groups -OCH3 is 1. The lowest BCUT2D eigenvalue weighted by Crippen LogP contribution is -2.23. The zero-order valence-corrected chi connectivity index (χ0v) is 15.4. The lowest BCUT2D eigenvalue weighted by molar-refractivity contribution is -0.148. The van der Waals surface area contributed by atoms with Crippen LogP contribution in [0, 0.1) is 0 Å². The van der Waals surface area contributed by atoms with Crippen molar-refractivity contribution in [3.05, 3.63) is 65.0 Å². The van der Waals surface area contributed by atoms with Gasteiger partial charge in [-0.15, -0.1) is 0 Å². The van der Waals surface area contributed by atoms with Gasteiger partial charge in [-0.25, -0.2) is 0 Å². The highest BCUT2D eigenvalue weighted by atomic mass is 35.5. The molecule has 4 rings (SSSR count). The number of aromatic nitrogens is 2. The second-order valence-electron chi connectivity index (χ2n) is 6.41. The topological polar surface area (TPSA) is 74.5 Å². The van der Waals surface area contributed by atoms with Gasteiger partial charge in [-0.3, -0.25) is 4.79 Å². The first-order valence-electron chi connectivity index (χ1n) is 8.51. The van der Waals surface area contributed by atoms with E-state index in [9.17, 15) is 4.79 Å². The van der Waals surface area contributed by atoms with E-state index in [1.54, 1.807) is 25.3 Å². The van der Waals surface area contributed by atoms with E-state index in [4.69, 9.17) is 25.6 Å². The molecule has 138 valence electrons. The maximum Gasteiger partial charge on any atom is 0.317 e. The van der Waals surface area contributed by atoms with Crippen LogP contribution in [0.5, 0.6) is 5.75 Å². The predicted octanol–water partition coefficient (Wildman–Crippen LogP) is 4.17. The summed E-state index contributed by atoms with van der Waals surface area (Å²) in [7, 11) is 1.59. The third-order valence-electron chi connectivity index (χ3n) is 4.66. The van der Waals surface area contributed by atoms with Crippen molar-refractivity contribution in [1.29, 1.82) is 0 Å². The fraction of sp³-hybridized carbons (Fsp3) is 0.250. The molecule has 1 aromatic heterocycles. The first-order chi connectivity index (χ1) is 13.1. The molecule has 0 N–H and O–H groups in total. The Kier molecular flexibility index (Phi) is 4.58. The molecule has 3 aromatic rings. The van der Waals surface area contributed by atoms with Crippen molar-refractivity contribution in [2.45, 2.75) is 24.9 Å². The fourth-order valence-corrected chi connectivity index (χ4v) is 3.09. The fourth-order valence-electron chi connectivity index (χ4n) is 2.96. The van der Waals surface area contributed by atoms with E-state index >= 15 is 0 Å². The molecule has 1 heterocycles. The summed E-state index contributed by atoms with van der Waals surface area (Å²) in [6.07, 6.45) is 1.51. The second-order valence-corrected chi connectivity index (χ2v) is 6.85. The molecule has 0 saturated heterocycles. The molecule has 0 spiro atoms. The van der Waals surface area contributed by atoms with Gasteiger partial charge in [-0.2, -0.15) is 4.98 Å². The summed E-state index contributed by atoms with van der Waals surface area (Å²) >= 11 is 5.92. The quantitative estimate of drug-likeness (QED) is 0.594. The van der Waals surface area contributed by atoms with Crippen LogP contribution in [0.2, 0.25) is 5.02 Å². The number of hydrogen-bond donors (Lipinski definition) is 0. The number of carbonyl (C=O) groups excluding carboxylic acids is 1. The smallest absolute Gasteiger partial charge is 0.317 e. The van der Waals surface area contributed by atoms with Crippen LogP contribution < -0.4 is 4.74 Å². The number of nitrogens with zero attached hydrogens (tertiary/aromatic N) is 2. The standard InChI is InChI=1S/C20H17ClN2O4/c1-25-16-4-2-3-13(11-16)18-22-17(27-23-18)12-26-19(24)20(9-10-20)14-5-7-15(21)8-6-14/h2-8,11H,9-10,12H2,1H3. The van der Waals surface area contributed by atoms with Crippen LogP contribution >= 0.6 is 11.6 Å². The maximum atomic E-state index is 12.6. The van der Waals surface area contributed by atoms with Gasteiger partial charge >= 0.3 is 5.97 Å². The van der Waals surface area contributed by atoms with Crippen molar-refractivity contribution in [3.8, 4) is 17.1 Å². The lowest BCUT2D eigenvalue weighted by atomic mass is 9.96. The molecule has 0 unspecified atom stereocenters. The molecule has 6 nitrogen and oxygen atoms in total. The minimum Gasteiger partial charge on any atom is -0.497 e. The summed E-state index contributed by atoms with van der Waals surface area (Å²) in [5, 5.41) is 4.58. The second kappa shape index (κ2) is 7.04. The summed E-state index contributed by atoms with van der Waals surface area (Å²) in [4.78, 5) is 16.9. The molecule has 0 aliphatic heterocycles. The Morgan fingerprint density at radius 1 is 1.22 bits per heavy atom. The summed E-state index contributed by atoms with van der Waals surface area (Å²) in [6, 6.07) is 14.6. The highest BCUT2D eigenvalue weighted by Crippen LogP contribution is 2.49. The van der Waals surface area contributed by atoms with Gasteiger partial charge in [-0.1, -0.05) is 41.0 Å². The largest absolute Gasteiger partial charge is 0.497 e. The number of esters is 1. The molecular weight excluding hydrogens is 368 g/mol. The third kappa shape index (κ3) is 3.53. The van der Waals surface area contributed by atoms with Gasteiger partial charge in [0.1, 0.15) is 5.75 Å². The molecule has 0 atom stereocenters. The van der Waals surface area contributed by atoms with Crippen molar-refractivity contribution < 1.29 is 18.8 Å². The Balaban J connectivity index is 1.43. The van der Waals surface area contributed by atoms with Crippen LogP contribution in [0.3, 0.4) is 0 Å². The van der Waals surface area contributed by atoms with Crippen LogP contribution in [0.25, 0.3) is 11.4 Å². The zero-order valence-electron chi connectivity index (χ0n) is 14.6. The molecule has 1 saturated carbocycles. The molecule has 27 heavy (non-hydrogen) atoms. The van der Waals surface area contributed by atoms with E-state index in [0.717, 1.165) is 24.0 Å². The van der Waals surface area contributed by atoms with Gasteiger partial charge in [0.15, 0.2) is 6.61 Å². The Hall–Kier alpha value is -2.86. The van der Waals surface area contributed by atoms with E-state index in [1.807, 2.05) is 30.3 Å².